The summed E-state index contributed by atoms with van der Waals surface area (Å²) < 4.78 is 24.9. The number of hydrogen-bond acceptors (Lipinski definition) is 4. The second kappa shape index (κ2) is 10.3. The highest BCUT2D eigenvalue weighted by Gasteiger charge is 2.46. The third-order valence-electron chi connectivity index (χ3n) is 4.42. The van der Waals surface area contributed by atoms with E-state index in [1.54, 1.807) is 0 Å². The minimum atomic E-state index is -1.73. The summed E-state index contributed by atoms with van der Waals surface area (Å²) in [4.78, 5) is 0. The largest absolute Gasteiger partial charge is 0.408 e. The summed E-state index contributed by atoms with van der Waals surface area (Å²) in [6.07, 6.45) is -0.374. The van der Waals surface area contributed by atoms with E-state index in [1.807, 2.05) is 36.4 Å². The zero-order valence-electron chi connectivity index (χ0n) is 16.7. The van der Waals surface area contributed by atoms with Gasteiger partial charge >= 0.3 is 0 Å². The van der Waals surface area contributed by atoms with Gasteiger partial charge in [0.2, 0.25) is 0 Å². The van der Waals surface area contributed by atoms with Gasteiger partial charge in [-0.05, 0) is 53.4 Å². The number of halogens is 1. The van der Waals surface area contributed by atoms with Gasteiger partial charge in [0.15, 0.2) is 8.32 Å². The van der Waals surface area contributed by atoms with E-state index in [2.05, 4.69) is 66.5 Å². The molecule has 0 aromatic heterocycles. The van der Waals surface area contributed by atoms with Crippen LogP contribution in [-0.2, 0) is 31.9 Å². The predicted octanol–water partition coefficient (Wildman–Crippen LogP) is 5.17. The Morgan fingerprint density at radius 1 is 0.857 bits per heavy atom. The molecule has 0 spiro atoms. The SMILES string of the molecule is C[Si](C)(C)O[C@@H]1[C@H](OCc2ccccc2)[C@@H](COCc2ccccc2)O[C@H]1I. The van der Waals surface area contributed by atoms with Gasteiger partial charge in [-0.25, -0.2) is 0 Å². The smallest absolute Gasteiger partial charge is 0.184 e. The van der Waals surface area contributed by atoms with E-state index in [4.69, 9.17) is 18.6 Å². The molecule has 0 unspecified atom stereocenters. The van der Waals surface area contributed by atoms with Gasteiger partial charge in [0.25, 0.3) is 0 Å². The van der Waals surface area contributed by atoms with E-state index in [-0.39, 0.29) is 22.4 Å². The molecular weight excluding hydrogens is 483 g/mol. The lowest BCUT2D eigenvalue weighted by Crippen LogP contribution is -2.43. The van der Waals surface area contributed by atoms with Crippen molar-refractivity contribution < 1.29 is 18.6 Å². The normalized spacial score (nSPS) is 25.1. The van der Waals surface area contributed by atoms with Crippen molar-refractivity contribution in [2.24, 2.45) is 0 Å². The average molecular weight is 512 g/mol. The Morgan fingerprint density at radius 3 is 2.00 bits per heavy atom. The summed E-state index contributed by atoms with van der Waals surface area (Å²) in [7, 11) is -1.73. The van der Waals surface area contributed by atoms with Crippen molar-refractivity contribution in [2.75, 3.05) is 6.61 Å². The fraction of sp³-hybridized carbons (Fsp3) is 0.455. The molecule has 4 atom stereocenters. The summed E-state index contributed by atoms with van der Waals surface area (Å²) in [5.41, 5.74) is 2.30. The first-order chi connectivity index (χ1) is 13.4. The Labute approximate surface area is 182 Å². The summed E-state index contributed by atoms with van der Waals surface area (Å²) in [5, 5.41) is 0. The molecule has 3 rings (SSSR count). The van der Waals surface area contributed by atoms with Gasteiger partial charge in [0.1, 0.15) is 22.4 Å². The molecule has 0 saturated carbocycles. The highest BCUT2D eigenvalue weighted by molar-refractivity contribution is 14.1. The lowest BCUT2D eigenvalue weighted by Gasteiger charge is -2.29. The molecule has 4 nitrogen and oxygen atoms in total. The van der Waals surface area contributed by atoms with Crippen molar-refractivity contribution in [1.82, 2.24) is 0 Å². The van der Waals surface area contributed by atoms with Gasteiger partial charge in [-0.1, -0.05) is 60.7 Å². The van der Waals surface area contributed by atoms with E-state index in [0.717, 1.165) is 11.1 Å². The van der Waals surface area contributed by atoms with Gasteiger partial charge in [0.05, 0.1) is 19.8 Å². The standard InChI is InChI=1S/C22H29IO4Si/c1-28(2,3)27-21-20(25-15-18-12-8-5-9-13-18)19(26-22(21)23)16-24-14-17-10-6-4-7-11-17/h4-13,19-22H,14-16H2,1-3H3/t19-,20-,21-,22-/m1/s1. The number of ether oxygens (including phenoxy) is 3. The molecule has 0 radical (unpaired) electrons. The number of benzene rings is 2. The summed E-state index contributed by atoms with van der Waals surface area (Å²) in [5.74, 6) is 0. The fourth-order valence-corrected chi connectivity index (χ4v) is 5.47. The first kappa shape index (κ1) is 21.9. The van der Waals surface area contributed by atoms with Crippen molar-refractivity contribution in [2.45, 2.75) is 55.3 Å². The topological polar surface area (TPSA) is 36.9 Å². The van der Waals surface area contributed by atoms with Crippen LogP contribution in [0, 0.1) is 0 Å². The minimum absolute atomic E-state index is 0.0459. The fourth-order valence-electron chi connectivity index (χ4n) is 3.18. The highest BCUT2D eigenvalue weighted by atomic mass is 127. The third-order valence-corrected chi connectivity index (χ3v) is 6.40. The van der Waals surface area contributed by atoms with Crippen LogP contribution < -0.4 is 0 Å². The van der Waals surface area contributed by atoms with Crippen LogP contribution in [0.4, 0.5) is 0 Å². The minimum Gasteiger partial charge on any atom is -0.408 e. The van der Waals surface area contributed by atoms with Crippen LogP contribution >= 0.6 is 22.6 Å². The molecule has 1 saturated heterocycles. The van der Waals surface area contributed by atoms with Crippen LogP contribution in [0.1, 0.15) is 11.1 Å². The average Bonchev–Trinajstić information content (AvgIpc) is 2.95. The second-order valence-electron chi connectivity index (χ2n) is 7.98. The molecular formula is C22H29IO4Si. The summed E-state index contributed by atoms with van der Waals surface area (Å²) in [6.45, 7) is 8.19. The first-order valence-corrected chi connectivity index (χ1v) is 14.3. The maximum Gasteiger partial charge on any atom is 0.184 e. The van der Waals surface area contributed by atoms with E-state index in [0.29, 0.717) is 19.8 Å². The van der Waals surface area contributed by atoms with Gasteiger partial charge < -0.3 is 18.6 Å². The van der Waals surface area contributed by atoms with Crippen LogP contribution in [0.2, 0.25) is 19.6 Å². The zero-order valence-corrected chi connectivity index (χ0v) is 19.9. The first-order valence-electron chi connectivity index (χ1n) is 9.67. The van der Waals surface area contributed by atoms with Gasteiger partial charge in [0, 0.05) is 0 Å². The third kappa shape index (κ3) is 6.64. The molecule has 2 aromatic carbocycles. The molecule has 1 heterocycles. The Kier molecular flexibility index (Phi) is 8.08. The van der Waals surface area contributed by atoms with Crippen molar-refractivity contribution in [3.8, 4) is 0 Å². The molecule has 0 aliphatic carbocycles. The maximum atomic E-state index is 6.43. The van der Waals surface area contributed by atoms with Crippen LogP contribution in [0.25, 0.3) is 0 Å². The molecule has 1 fully saturated rings. The Morgan fingerprint density at radius 2 is 1.43 bits per heavy atom. The molecule has 28 heavy (non-hydrogen) atoms. The van der Waals surface area contributed by atoms with Crippen molar-refractivity contribution in [3.63, 3.8) is 0 Å². The Balaban J connectivity index is 1.63. The highest BCUT2D eigenvalue weighted by Crippen LogP contribution is 2.33. The quantitative estimate of drug-likeness (QED) is 0.264. The van der Waals surface area contributed by atoms with Crippen molar-refractivity contribution in [3.05, 3.63) is 71.8 Å². The summed E-state index contributed by atoms with van der Waals surface area (Å²) in [6, 6.07) is 20.4. The van der Waals surface area contributed by atoms with Gasteiger partial charge in [-0.2, -0.15) is 0 Å². The van der Waals surface area contributed by atoms with Crippen molar-refractivity contribution in [1.29, 1.82) is 0 Å². The van der Waals surface area contributed by atoms with Crippen LogP contribution in [-0.4, -0.2) is 37.3 Å². The number of hydrogen-bond donors (Lipinski definition) is 0. The van der Waals surface area contributed by atoms with Crippen molar-refractivity contribution >= 4 is 30.9 Å². The molecule has 1 aliphatic heterocycles. The van der Waals surface area contributed by atoms with Gasteiger partial charge in [-0.3, -0.25) is 0 Å². The molecule has 2 aromatic rings. The van der Waals surface area contributed by atoms with Crippen LogP contribution in [0.5, 0.6) is 0 Å². The Bertz CT molecular complexity index is 707. The number of rotatable bonds is 9. The molecule has 0 N–H and O–H groups in total. The van der Waals surface area contributed by atoms with Crippen LogP contribution in [0.15, 0.2) is 60.7 Å². The maximum absolute atomic E-state index is 6.43. The molecule has 6 heteroatoms. The lowest BCUT2D eigenvalue weighted by atomic mass is 10.1. The van der Waals surface area contributed by atoms with Crippen LogP contribution in [0.3, 0.4) is 0 Å². The number of alkyl halides is 1. The zero-order chi connectivity index (χ0) is 20.0. The monoisotopic (exact) mass is 512 g/mol. The van der Waals surface area contributed by atoms with E-state index >= 15 is 0 Å². The Hall–Kier alpha value is -0.773. The van der Waals surface area contributed by atoms with E-state index in [1.165, 1.54) is 0 Å². The van der Waals surface area contributed by atoms with Gasteiger partial charge in [-0.15, -0.1) is 0 Å². The predicted molar refractivity (Wildman–Crippen MR) is 122 cm³/mol. The molecule has 152 valence electrons. The lowest BCUT2D eigenvalue weighted by molar-refractivity contribution is -0.0724. The summed E-state index contributed by atoms with van der Waals surface area (Å²) >= 11 is 2.32. The molecule has 1 aliphatic rings. The molecule has 0 amide bonds. The van der Waals surface area contributed by atoms with E-state index in [9.17, 15) is 0 Å². The second-order valence-corrected chi connectivity index (χ2v) is 13.7. The molecule has 0 bridgehead atoms. The van der Waals surface area contributed by atoms with E-state index < -0.39 is 8.32 Å².